The second-order valence-corrected chi connectivity index (χ2v) is 5.93. The van der Waals surface area contributed by atoms with E-state index in [0.29, 0.717) is 0 Å². The lowest BCUT2D eigenvalue weighted by molar-refractivity contribution is 0.992. The zero-order valence-corrected chi connectivity index (χ0v) is 17.0. The summed E-state index contributed by atoms with van der Waals surface area (Å²) < 4.78 is 0. The summed E-state index contributed by atoms with van der Waals surface area (Å²) in [4.78, 5) is 0. The molecule has 0 amide bonds. The van der Waals surface area contributed by atoms with Crippen LogP contribution < -0.4 is 0 Å². The molecular weight excluding hydrogens is 264 g/mol. The quantitative estimate of drug-likeness (QED) is 0.434. The molecule has 0 fully saturated rings. The standard InChI is InChI=1S/2C11H20/c1-6-9(4)10(5)11(7-2)8-3;1-6-10(7-2)11(8-3)9(4)5/h7H,6,8H2,1-5H3;6H,7-8H2,1-5H3/b10-9-,11-7-;10-6-. The molecule has 0 saturated heterocycles. The molecule has 0 aliphatic heterocycles. The van der Waals surface area contributed by atoms with Crippen molar-refractivity contribution >= 4 is 0 Å². The third-order valence-corrected chi connectivity index (χ3v) is 4.46. The first kappa shape index (κ1) is 23.2. The average molecular weight is 305 g/mol. The van der Waals surface area contributed by atoms with Crippen LogP contribution in [-0.4, -0.2) is 0 Å². The Balaban J connectivity index is 0. The van der Waals surface area contributed by atoms with Gasteiger partial charge in [0.05, 0.1) is 0 Å². The molecule has 0 heterocycles. The van der Waals surface area contributed by atoms with Gasteiger partial charge in [-0.25, -0.2) is 0 Å². The largest absolute Gasteiger partial charge is 0.0842 e. The summed E-state index contributed by atoms with van der Waals surface area (Å²) >= 11 is 0. The van der Waals surface area contributed by atoms with Crippen LogP contribution in [0.5, 0.6) is 0 Å². The summed E-state index contributed by atoms with van der Waals surface area (Å²) in [5, 5.41) is 0. The smallest absolute Gasteiger partial charge is 0.0305 e. The van der Waals surface area contributed by atoms with Crippen molar-refractivity contribution in [2.45, 2.75) is 94.9 Å². The molecule has 0 N–H and O–H groups in total. The first-order valence-electron chi connectivity index (χ1n) is 8.97. The minimum atomic E-state index is 1.15. The number of allylic oxidation sites excluding steroid dienone is 8. The molecule has 0 bridgehead atoms. The van der Waals surface area contributed by atoms with Gasteiger partial charge in [-0.3, -0.25) is 0 Å². The van der Waals surface area contributed by atoms with E-state index in [4.69, 9.17) is 0 Å². The Morgan fingerprint density at radius 2 is 1.09 bits per heavy atom. The van der Waals surface area contributed by atoms with Gasteiger partial charge in [-0.2, -0.15) is 0 Å². The Morgan fingerprint density at radius 1 is 0.636 bits per heavy atom. The number of rotatable bonds is 6. The fraction of sp³-hybridized carbons (Fsp3) is 0.636. The van der Waals surface area contributed by atoms with Crippen LogP contribution in [0.1, 0.15) is 94.9 Å². The molecule has 0 saturated carbocycles. The normalized spacial score (nSPS) is 13.2. The molecule has 0 heteroatoms. The van der Waals surface area contributed by atoms with Crippen molar-refractivity contribution in [2.75, 3.05) is 0 Å². The number of hydrogen-bond donors (Lipinski definition) is 0. The summed E-state index contributed by atoms with van der Waals surface area (Å²) in [6.45, 7) is 21.9. The van der Waals surface area contributed by atoms with E-state index < -0.39 is 0 Å². The van der Waals surface area contributed by atoms with Gasteiger partial charge >= 0.3 is 0 Å². The van der Waals surface area contributed by atoms with Gasteiger partial charge in [-0.1, -0.05) is 51.0 Å². The highest BCUT2D eigenvalue weighted by atomic mass is 14.1. The van der Waals surface area contributed by atoms with Gasteiger partial charge in [-0.15, -0.1) is 0 Å². The fourth-order valence-electron chi connectivity index (χ4n) is 2.72. The van der Waals surface area contributed by atoms with Crippen LogP contribution >= 0.6 is 0 Å². The molecular formula is C22H40. The fourth-order valence-corrected chi connectivity index (χ4v) is 2.72. The van der Waals surface area contributed by atoms with Crippen LogP contribution in [0.3, 0.4) is 0 Å². The van der Waals surface area contributed by atoms with Crippen LogP contribution in [0.25, 0.3) is 0 Å². The monoisotopic (exact) mass is 304 g/mol. The van der Waals surface area contributed by atoms with E-state index >= 15 is 0 Å². The van der Waals surface area contributed by atoms with Crippen molar-refractivity contribution in [1.82, 2.24) is 0 Å². The topological polar surface area (TPSA) is 0 Å². The van der Waals surface area contributed by atoms with E-state index in [0.717, 1.165) is 19.3 Å². The highest BCUT2D eigenvalue weighted by Gasteiger charge is 2.00. The van der Waals surface area contributed by atoms with Gasteiger partial charge in [0.1, 0.15) is 0 Å². The van der Waals surface area contributed by atoms with Crippen LogP contribution in [0.4, 0.5) is 0 Å². The maximum Gasteiger partial charge on any atom is -0.0305 e. The second-order valence-electron chi connectivity index (χ2n) is 5.93. The van der Waals surface area contributed by atoms with E-state index in [1.165, 1.54) is 39.9 Å². The van der Waals surface area contributed by atoms with Gasteiger partial charge in [0, 0.05) is 0 Å². The Labute approximate surface area is 141 Å². The SMILES string of the molecule is C/C=C(/CC)C(CC)=C(C)C.C/C=C(CC)\C(C)=C(\C)CC. The van der Waals surface area contributed by atoms with Crippen molar-refractivity contribution in [3.8, 4) is 0 Å². The first-order valence-corrected chi connectivity index (χ1v) is 8.97. The average Bonchev–Trinajstić information content (AvgIpc) is 2.52. The van der Waals surface area contributed by atoms with Crippen molar-refractivity contribution in [2.24, 2.45) is 0 Å². The van der Waals surface area contributed by atoms with Gasteiger partial charge in [-0.05, 0) is 89.5 Å². The zero-order valence-electron chi connectivity index (χ0n) is 17.0. The minimum Gasteiger partial charge on any atom is -0.0842 e. The molecule has 0 aromatic rings. The highest BCUT2D eigenvalue weighted by molar-refractivity contribution is 5.33. The molecule has 0 radical (unpaired) electrons. The van der Waals surface area contributed by atoms with E-state index in [1.54, 1.807) is 0 Å². The lowest BCUT2D eigenvalue weighted by atomic mass is 9.97. The molecule has 0 aliphatic rings. The van der Waals surface area contributed by atoms with Crippen LogP contribution in [0.15, 0.2) is 45.6 Å². The molecule has 0 atom stereocenters. The maximum atomic E-state index is 2.23. The first-order chi connectivity index (χ1) is 10.3. The van der Waals surface area contributed by atoms with Crippen molar-refractivity contribution < 1.29 is 0 Å². The molecule has 22 heavy (non-hydrogen) atoms. The molecule has 0 aromatic carbocycles. The van der Waals surface area contributed by atoms with E-state index in [-0.39, 0.29) is 0 Å². The lowest BCUT2D eigenvalue weighted by Gasteiger charge is -2.09. The Hall–Kier alpha value is -1.04. The zero-order chi connectivity index (χ0) is 17.7. The molecule has 0 nitrogen and oxygen atoms in total. The summed E-state index contributed by atoms with van der Waals surface area (Å²) in [7, 11) is 0. The third kappa shape index (κ3) is 8.41. The van der Waals surface area contributed by atoms with Crippen LogP contribution in [0, 0.1) is 0 Å². The number of hydrogen-bond acceptors (Lipinski definition) is 0. The maximum absolute atomic E-state index is 2.23. The van der Waals surface area contributed by atoms with Crippen LogP contribution in [0.2, 0.25) is 0 Å². The summed E-state index contributed by atoms with van der Waals surface area (Å²) in [5.41, 5.74) is 8.99. The van der Waals surface area contributed by atoms with Gasteiger partial charge in [0.2, 0.25) is 0 Å². The van der Waals surface area contributed by atoms with Crippen molar-refractivity contribution in [3.63, 3.8) is 0 Å². The van der Waals surface area contributed by atoms with Crippen molar-refractivity contribution in [1.29, 1.82) is 0 Å². The van der Waals surface area contributed by atoms with E-state index in [9.17, 15) is 0 Å². The van der Waals surface area contributed by atoms with E-state index in [2.05, 4.69) is 81.4 Å². The van der Waals surface area contributed by atoms with E-state index in [1.807, 2.05) is 0 Å². The van der Waals surface area contributed by atoms with Gasteiger partial charge in [0.25, 0.3) is 0 Å². The van der Waals surface area contributed by atoms with Gasteiger partial charge in [0.15, 0.2) is 0 Å². The predicted octanol–water partition coefficient (Wildman–Crippen LogP) is 8.18. The summed E-state index contributed by atoms with van der Waals surface area (Å²) in [5.74, 6) is 0. The van der Waals surface area contributed by atoms with Gasteiger partial charge < -0.3 is 0 Å². The predicted molar refractivity (Wildman–Crippen MR) is 105 cm³/mol. The molecule has 0 rings (SSSR count). The molecule has 0 spiro atoms. The summed E-state index contributed by atoms with van der Waals surface area (Å²) in [6.07, 6.45) is 9.09. The second kappa shape index (κ2) is 13.6. The minimum absolute atomic E-state index is 1.15. The Kier molecular flexibility index (Phi) is 14.4. The van der Waals surface area contributed by atoms with Crippen LogP contribution in [-0.2, 0) is 0 Å². The highest BCUT2D eigenvalue weighted by Crippen LogP contribution is 2.20. The molecule has 0 aliphatic carbocycles. The Morgan fingerprint density at radius 3 is 1.27 bits per heavy atom. The Bertz CT molecular complexity index is 421. The molecule has 0 aromatic heterocycles. The molecule has 128 valence electrons. The molecule has 0 unspecified atom stereocenters. The van der Waals surface area contributed by atoms with Crippen molar-refractivity contribution in [3.05, 3.63) is 45.6 Å². The lowest BCUT2D eigenvalue weighted by Crippen LogP contribution is -1.89. The summed E-state index contributed by atoms with van der Waals surface area (Å²) in [6, 6.07) is 0. The third-order valence-electron chi connectivity index (χ3n) is 4.46.